The molecular formula is C22H24Cl2N4O2S. The van der Waals surface area contributed by atoms with E-state index in [4.69, 9.17) is 32.9 Å². The zero-order valence-electron chi connectivity index (χ0n) is 17.2. The van der Waals surface area contributed by atoms with Gasteiger partial charge in [-0.15, -0.1) is 0 Å². The van der Waals surface area contributed by atoms with E-state index in [-0.39, 0.29) is 12.5 Å². The molecule has 31 heavy (non-hydrogen) atoms. The number of anilines is 1. The van der Waals surface area contributed by atoms with Crippen LogP contribution in [0, 0.1) is 6.92 Å². The van der Waals surface area contributed by atoms with Gasteiger partial charge in [-0.05, 0) is 42.8 Å². The van der Waals surface area contributed by atoms with E-state index in [0.29, 0.717) is 22.3 Å². The number of rotatable bonds is 7. The number of nitrogens with one attached hydrogen (secondary N) is 1. The molecule has 0 spiro atoms. The maximum Gasteiger partial charge on any atom is 0.257 e. The number of benzene rings is 2. The highest BCUT2D eigenvalue weighted by atomic mass is 35.5. The molecule has 2 heterocycles. The second-order valence-electron chi connectivity index (χ2n) is 7.51. The summed E-state index contributed by atoms with van der Waals surface area (Å²) in [6.45, 7) is 7.18. The molecule has 164 valence electrons. The van der Waals surface area contributed by atoms with Gasteiger partial charge in [0.25, 0.3) is 5.91 Å². The van der Waals surface area contributed by atoms with Crippen LogP contribution in [0.1, 0.15) is 5.56 Å². The molecule has 1 fully saturated rings. The third-order valence-electron chi connectivity index (χ3n) is 5.18. The first kappa shape index (κ1) is 22.1. The molecule has 1 N–H and O–H groups in total. The third-order valence-corrected chi connectivity index (χ3v) is 6.79. The van der Waals surface area contributed by atoms with Gasteiger partial charge in [0.1, 0.15) is 5.75 Å². The normalized spacial score (nSPS) is 14.7. The van der Waals surface area contributed by atoms with Crippen molar-refractivity contribution in [2.24, 2.45) is 0 Å². The van der Waals surface area contributed by atoms with E-state index >= 15 is 0 Å². The lowest BCUT2D eigenvalue weighted by atomic mass is 10.2. The average molecular weight is 479 g/mol. The molecule has 6 nitrogen and oxygen atoms in total. The summed E-state index contributed by atoms with van der Waals surface area (Å²) in [7, 11) is 0. The monoisotopic (exact) mass is 478 g/mol. The van der Waals surface area contributed by atoms with Crippen LogP contribution >= 0.6 is 34.5 Å². The van der Waals surface area contributed by atoms with Crippen LogP contribution in [0.5, 0.6) is 5.75 Å². The molecular weight excluding hydrogens is 455 g/mol. The zero-order chi connectivity index (χ0) is 21.8. The summed E-state index contributed by atoms with van der Waals surface area (Å²) in [5.74, 6) is 0.275. The predicted octanol–water partition coefficient (Wildman–Crippen LogP) is 4.23. The van der Waals surface area contributed by atoms with Gasteiger partial charge in [-0.1, -0.05) is 40.6 Å². The Bertz CT molecular complexity index is 1070. The van der Waals surface area contributed by atoms with E-state index in [0.717, 1.165) is 43.4 Å². The molecule has 0 atom stereocenters. The summed E-state index contributed by atoms with van der Waals surface area (Å²) in [4.78, 5) is 21.5. The number of hydrogen-bond acceptors (Lipinski definition) is 6. The quantitative estimate of drug-likeness (QED) is 0.550. The molecule has 0 unspecified atom stereocenters. The molecule has 0 saturated carbocycles. The number of ether oxygens (including phenoxy) is 1. The number of piperazine rings is 1. The second kappa shape index (κ2) is 10.0. The minimum absolute atomic E-state index is 0.0772. The maximum atomic E-state index is 12.0. The molecule has 1 aromatic heterocycles. The van der Waals surface area contributed by atoms with Gasteiger partial charge in [-0.2, -0.15) is 0 Å². The molecule has 4 rings (SSSR count). The molecule has 0 bridgehead atoms. The van der Waals surface area contributed by atoms with Gasteiger partial charge in [0, 0.05) is 44.3 Å². The largest absolute Gasteiger partial charge is 0.482 e. The van der Waals surface area contributed by atoms with E-state index < -0.39 is 0 Å². The molecule has 1 aliphatic rings. The van der Waals surface area contributed by atoms with Gasteiger partial charge in [0.05, 0.1) is 15.2 Å². The fourth-order valence-electron chi connectivity index (χ4n) is 3.46. The molecule has 1 aliphatic heterocycles. The van der Waals surface area contributed by atoms with Crippen LogP contribution in [0.25, 0.3) is 10.2 Å². The first-order valence-electron chi connectivity index (χ1n) is 10.2. The van der Waals surface area contributed by atoms with Crippen LogP contribution in [0.3, 0.4) is 0 Å². The second-order valence-corrected chi connectivity index (χ2v) is 9.36. The number of carbonyl (C=O) groups excluding carboxylic acids is 1. The number of thiazole rings is 1. The van der Waals surface area contributed by atoms with Gasteiger partial charge in [-0.3, -0.25) is 9.69 Å². The van der Waals surface area contributed by atoms with Crippen LogP contribution in [0.2, 0.25) is 10.0 Å². The Labute approximate surface area is 195 Å². The Morgan fingerprint density at radius 1 is 1.16 bits per heavy atom. The van der Waals surface area contributed by atoms with Crippen molar-refractivity contribution in [3.8, 4) is 5.75 Å². The van der Waals surface area contributed by atoms with Gasteiger partial charge in [0.2, 0.25) is 0 Å². The topological polar surface area (TPSA) is 57.7 Å². The van der Waals surface area contributed by atoms with Gasteiger partial charge in [-0.25, -0.2) is 4.98 Å². The van der Waals surface area contributed by atoms with Crippen molar-refractivity contribution in [2.75, 3.05) is 50.8 Å². The lowest BCUT2D eigenvalue weighted by Gasteiger charge is -2.34. The summed E-state index contributed by atoms with van der Waals surface area (Å²) in [5.41, 5.74) is 2.33. The molecule has 2 aromatic carbocycles. The van der Waals surface area contributed by atoms with E-state index in [1.54, 1.807) is 29.5 Å². The van der Waals surface area contributed by atoms with E-state index in [1.807, 2.05) is 0 Å². The minimum atomic E-state index is -0.172. The average Bonchev–Trinajstić information content (AvgIpc) is 3.17. The summed E-state index contributed by atoms with van der Waals surface area (Å²) in [6.07, 6.45) is 0. The molecule has 1 saturated heterocycles. The number of fused-ring (bicyclic) bond motifs is 1. The molecule has 9 heteroatoms. The predicted molar refractivity (Wildman–Crippen MR) is 128 cm³/mol. The fraction of sp³-hybridized carbons (Fsp3) is 0.364. The molecule has 0 aliphatic carbocycles. The summed E-state index contributed by atoms with van der Waals surface area (Å²) >= 11 is 13.7. The SMILES string of the molecule is Cc1ccc2nc(N3CCN(CCNC(=O)COc4ccc(Cl)cc4Cl)CC3)sc2c1. The Morgan fingerprint density at radius 3 is 2.74 bits per heavy atom. The van der Waals surface area contributed by atoms with Crippen LogP contribution in [0.15, 0.2) is 36.4 Å². The van der Waals surface area contributed by atoms with E-state index in [9.17, 15) is 4.79 Å². The summed E-state index contributed by atoms with van der Waals surface area (Å²) in [5, 5.41) is 4.91. The number of amides is 1. The van der Waals surface area contributed by atoms with Crippen molar-refractivity contribution in [1.29, 1.82) is 0 Å². The highest BCUT2D eigenvalue weighted by Crippen LogP contribution is 2.30. The van der Waals surface area contributed by atoms with Crippen molar-refractivity contribution in [2.45, 2.75) is 6.92 Å². The Hall–Kier alpha value is -2.06. The van der Waals surface area contributed by atoms with Crippen LogP contribution < -0.4 is 15.0 Å². The lowest BCUT2D eigenvalue weighted by molar-refractivity contribution is -0.123. The van der Waals surface area contributed by atoms with E-state index in [2.05, 4.69) is 40.2 Å². The zero-order valence-corrected chi connectivity index (χ0v) is 19.6. The van der Waals surface area contributed by atoms with Crippen molar-refractivity contribution >= 4 is 55.8 Å². The van der Waals surface area contributed by atoms with Crippen LogP contribution in [-0.2, 0) is 4.79 Å². The number of hydrogen-bond donors (Lipinski definition) is 1. The Morgan fingerprint density at radius 2 is 1.97 bits per heavy atom. The third kappa shape index (κ3) is 5.80. The Balaban J connectivity index is 1.17. The minimum Gasteiger partial charge on any atom is -0.482 e. The maximum absolute atomic E-state index is 12.0. The first-order chi connectivity index (χ1) is 15.0. The number of aryl methyl sites for hydroxylation is 1. The standard InChI is InChI=1S/C22H24Cl2N4O2S/c1-15-2-4-18-20(12-15)31-22(26-18)28-10-8-27(9-11-28)7-6-25-21(29)14-30-19-5-3-16(23)13-17(19)24/h2-5,12-13H,6-11,14H2,1H3,(H,25,29). The molecule has 3 aromatic rings. The highest BCUT2D eigenvalue weighted by molar-refractivity contribution is 7.22. The lowest BCUT2D eigenvalue weighted by Crippen LogP contribution is -2.48. The van der Waals surface area contributed by atoms with Crippen LogP contribution in [-0.4, -0.2) is 61.7 Å². The fourth-order valence-corrected chi connectivity index (χ4v) is 5.04. The van der Waals surface area contributed by atoms with Crippen molar-refractivity contribution < 1.29 is 9.53 Å². The Kier molecular flexibility index (Phi) is 7.17. The van der Waals surface area contributed by atoms with Gasteiger partial charge in [0.15, 0.2) is 11.7 Å². The number of aromatic nitrogens is 1. The molecule has 0 radical (unpaired) electrons. The number of halogens is 2. The van der Waals surface area contributed by atoms with Crippen molar-refractivity contribution in [1.82, 2.24) is 15.2 Å². The number of nitrogens with zero attached hydrogens (tertiary/aromatic N) is 3. The van der Waals surface area contributed by atoms with Crippen LogP contribution in [0.4, 0.5) is 5.13 Å². The first-order valence-corrected chi connectivity index (χ1v) is 11.7. The van der Waals surface area contributed by atoms with Gasteiger partial charge < -0.3 is 15.0 Å². The smallest absolute Gasteiger partial charge is 0.257 e. The number of carbonyl (C=O) groups is 1. The van der Waals surface area contributed by atoms with Crippen molar-refractivity contribution in [3.63, 3.8) is 0 Å². The van der Waals surface area contributed by atoms with E-state index in [1.165, 1.54) is 10.3 Å². The van der Waals surface area contributed by atoms with Gasteiger partial charge >= 0.3 is 0 Å². The summed E-state index contributed by atoms with van der Waals surface area (Å²) < 4.78 is 6.70. The van der Waals surface area contributed by atoms with Crippen molar-refractivity contribution in [3.05, 3.63) is 52.0 Å². The highest BCUT2D eigenvalue weighted by Gasteiger charge is 2.19. The summed E-state index contributed by atoms with van der Waals surface area (Å²) in [6, 6.07) is 11.3. The molecule has 1 amide bonds.